The van der Waals surface area contributed by atoms with Crippen molar-refractivity contribution < 1.29 is 4.39 Å². The van der Waals surface area contributed by atoms with Crippen LogP contribution in [0.3, 0.4) is 0 Å². The molecule has 1 aliphatic carbocycles. The first-order valence-corrected chi connectivity index (χ1v) is 9.39. The fraction of sp³-hybridized carbons (Fsp3) is 0.429. The van der Waals surface area contributed by atoms with Crippen LogP contribution in [-0.2, 0) is 6.42 Å². The molecule has 1 saturated heterocycles. The normalized spacial score (nSPS) is 32.6. The molecular formula is C21H24ClFN2. The molecule has 0 amide bonds. The third kappa shape index (κ3) is 2.69. The molecule has 4 atom stereocenters. The van der Waals surface area contributed by atoms with Crippen molar-refractivity contribution in [1.82, 2.24) is 10.2 Å². The molecule has 2 aliphatic rings. The second-order valence-electron chi connectivity index (χ2n) is 7.45. The van der Waals surface area contributed by atoms with Gasteiger partial charge < -0.3 is 5.32 Å². The maximum absolute atomic E-state index is 13.4. The zero-order valence-electron chi connectivity index (χ0n) is 14.7. The quantitative estimate of drug-likeness (QED) is 0.630. The summed E-state index contributed by atoms with van der Waals surface area (Å²) in [7, 11) is 2.12. The van der Waals surface area contributed by atoms with Crippen molar-refractivity contribution in [2.24, 2.45) is 0 Å². The number of rotatable bonds is 2. The van der Waals surface area contributed by atoms with Gasteiger partial charge in [-0.05, 0) is 55.6 Å². The van der Waals surface area contributed by atoms with Gasteiger partial charge in [-0.15, -0.1) is 11.6 Å². The fourth-order valence-corrected chi connectivity index (χ4v) is 5.09. The number of fused-ring (bicyclic) bond motifs is 1. The number of likely N-dealkylation sites (N-methyl/N-ethyl adjacent to an activating group) is 1. The molecule has 0 saturated carbocycles. The molecule has 2 aromatic rings. The van der Waals surface area contributed by atoms with Gasteiger partial charge in [-0.1, -0.05) is 36.4 Å². The molecule has 4 heteroatoms. The molecule has 0 radical (unpaired) electrons. The molecule has 4 rings (SSSR count). The van der Waals surface area contributed by atoms with Gasteiger partial charge in [0.25, 0.3) is 0 Å². The van der Waals surface area contributed by atoms with E-state index in [0.29, 0.717) is 12.5 Å². The molecule has 2 aromatic carbocycles. The average Bonchev–Trinajstić information content (AvgIpc) is 3.06. The molecule has 0 aromatic heterocycles. The summed E-state index contributed by atoms with van der Waals surface area (Å²) in [5.41, 5.74) is 3.74. The molecule has 0 bridgehead atoms. The van der Waals surface area contributed by atoms with Crippen LogP contribution >= 0.6 is 11.6 Å². The first-order valence-electron chi connectivity index (χ1n) is 8.95. The highest BCUT2D eigenvalue weighted by molar-refractivity contribution is 6.20. The summed E-state index contributed by atoms with van der Waals surface area (Å²) in [6, 6.07) is 15.7. The van der Waals surface area contributed by atoms with Gasteiger partial charge in [-0.2, -0.15) is 0 Å². The Bertz CT molecular complexity index is 763. The Kier molecular flexibility index (Phi) is 4.35. The van der Waals surface area contributed by atoms with Crippen LogP contribution in [0.1, 0.15) is 42.0 Å². The number of halogens is 2. The number of hydrogen-bond donors (Lipinski definition) is 1. The maximum Gasteiger partial charge on any atom is 0.123 e. The SMILES string of the molecule is CN1C(Cl)CNC(c2ccc(F)cc2)C1(C)C1CCc2ccccc21. The Morgan fingerprint density at radius 1 is 1.16 bits per heavy atom. The monoisotopic (exact) mass is 358 g/mol. The van der Waals surface area contributed by atoms with Crippen LogP contribution in [0.4, 0.5) is 4.39 Å². The summed E-state index contributed by atoms with van der Waals surface area (Å²) < 4.78 is 13.4. The van der Waals surface area contributed by atoms with Gasteiger partial charge >= 0.3 is 0 Å². The van der Waals surface area contributed by atoms with Gasteiger partial charge in [-0.25, -0.2) is 4.39 Å². The lowest BCUT2D eigenvalue weighted by atomic mass is 9.71. The lowest BCUT2D eigenvalue weighted by molar-refractivity contribution is 0.0180. The van der Waals surface area contributed by atoms with E-state index in [0.717, 1.165) is 18.4 Å². The third-order valence-electron chi connectivity index (χ3n) is 6.30. The van der Waals surface area contributed by atoms with Crippen molar-refractivity contribution in [1.29, 1.82) is 0 Å². The van der Waals surface area contributed by atoms with E-state index in [1.54, 1.807) is 12.1 Å². The van der Waals surface area contributed by atoms with E-state index in [9.17, 15) is 4.39 Å². The highest BCUT2D eigenvalue weighted by Crippen LogP contribution is 2.50. The van der Waals surface area contributed by atoms with Gasteiger partial charge in [-0.3, -0.25) is 4.90 Å². The Hall–Kier alpha value is -1.42. The lowest BCUT2D eigenvalue weighted by Crippen LogP contribution is -2.64. The Morgan fingerprint density at radius 2 is 1.88 bits per heavy atom. The number of hydrogen-bond acceptors (Lipinski definition) is 2. The second kappa shape index (κ2) is 6.39. The van der Waals surface area contributed by atoms with E-state index in [1.165, 1.54) is 11.1 Å². The highest BCUT2D eigenvalue weighted by Gasteiger charge is 2.51. The van der Waals surface area contributed by atoms with E-state index in [1.807, 2.05) is 12.1 Å². The summed E-state index contributed by atoms with van der Waals surface area (Å²) in [5, 5.41) is 3.64. The van der Waals surface area contributed by atoms with E-state index in [2.05, 4.69) is 48.5 Å². The zero-order valence-corrected chi connectivity index (χ0v) is 15.4. The van der Waals surface area contributed by atoms with Gasteiger partial charge in [0, 0.05) is 18.0 Å². The number of piperazine rings is 1. The Balaban J connectivity index is 1.80. The maximum atomic E-state index is 13.4. The van der Waals surface area contributed by atoms with Crippen LogP contribution in [-0.4, -0.2) is 29.5 Å². The van der Waals surface area contributed by atoms with Crippen molar-refractivity contribution in [3.63, 3.8) is 0 Å². The first kappa shape index (κ1) is 17.0. The molecule has 4 unspecified atom stereocenters. The van der Waals surface area contributed by atoms with Crippen molar-refractivity contribution in [3.8, 4) is 0 Å². The number of benzene rings is 2. The Morgan fingerprint density at radius 3 is 2.64 bits per heavy atom. The molecule has 2 nitrogen and oxygen atoms in total. The molecular weight excluding hydrogens is 335 g/mol. The van der Waals surface area contributed by atoms with Crippen LogP contribution in [0.15, 0.2) is 48.5 Å². The van der Waals surface area contributed by atoms with Crippen molar-refractivity contribution >= 4 is 11.6 Å². The molecule has 1 fully saturated rings. The lowest BCUT2D eigenvalue weighted by Gasteiger charge is -2.54. The third-order valence-corrected chi connectivity index (χ3v) is 6.74. The van der Waals surface area contributed by atoms with Crippen LogP contribution in [0.25, 0.3) is 0 Å². The second-order valence-corrected chi connectivity index (χ2v) is 7.96. The smallest absolute Gasteiger partial charge is 0.123 e. The van der Waals surface area contributed by atoms with Crippen molar-refractivity contribution in [2.45, 2.75) is 42.8 Å². The van der Waals surface area contributed by atoms with E-state index in [-0.39, 0.29) is 22.9 Å². The van der Waals surface area contributed by atoms with E-state index in [4.69, 9.17) is 11.6 Å². The van der Waals surface area contributed by atoms with Crippen molar-refractivity contribution in [3.05, 3.63) is 71.0 Å². The van der Waals surface area contributed by atoms with Crippen LogP contribution in [0.2, 0.25) is 0 Å². The minimum atomic E-state index is -0.198. The van der Waals surface area contributed by atoms with Crippen LogP contribution in [0.5, 0.6) is 0 Å². The molecule has 1 N–H and O–H groups in total. The minimum absolute atomic E-state index is 0.0607. The number of aryl methyl sites for hydroxylation is 1. The Labute approximate surface area is 154 Å². The molecule has 1 heterocycles. The number of nitrogens with one attached hydrogen (secondary N) is 1. The minimum Gasteiger partial charge on any atom is -0.306 e. The molecule has 25 heavy (non-hydrogen) atoms. The zero-order chi connectivity index (χ0) is 17.6. The predicted octanol–water partition coefficient (Wildman–Crippen LogP) is 4.46. The highest BCUT2D eigenvalue weighted by atomic mass is 35.5. The summed E-state index contributed by atoms with van der Waals surface area (Å²) in [5.74, 6) is 0.189. The van der Waals surface area contributed by atoms with Gasteiger partial charge in [0.15, 0.2) is 0 Å². The topological polar surface area (TPSA) is 15.3 Å². The largest absolute Gasteiger partial charge is 0.306 e. The van der Waals surface area contributed by atoms with E-state index < -0.39 is 0 Å². The molecule has 132 valence electrons. The van der Waals surface area contributed by atoms with Crippen molar-refractivity contribution in [2.75, 3.05) is 13.6 Å². The summed E-state index contributed by atoms with van der Waals surface area (Å²) in [6.07, 6.45) is 2.22. The molecule has 1 aliphatic heterocycles. The summed E-state index contributed by atoms with van der Waals surface area (Å²) in [6.45, 7) is 3.01. The van der Waals surface area contributed by atoms with Gasteiger partial charge in [0.05, 0.1) is 11.5 Å². The fourth-order valence-electron chi connectivity index (χ4n) is 4.79. The number of nitrogens with zero attached hydrogens (tertiary/aromatic N) is 1. The first-order chi connectivity index (χ1) is 12.0. The van der Waals surface area contributed by atoms with Crippen LogP contribution in [0, 0.1) is 5.82 Å². The standard InChI is InChI=1S/C21H24ClFN2/c1-21(18-12-9-14-5-3-4-6-17(14)18)20(24-13-19(22)25(21)2)15-7-10-16(23)11-8-15/h3-8,10-11,18-20,24H,9,12-13H2,1-2H3. The number of alkyl halides is 1. The summed E-state index contributed by atoms with van der Waals surface area (Å²) in [4.78, 5) is 2.31. The van der Waals surface area contributed by atoms with E-state index >= 15 is 0 Å². The summed E-state index contributed by atoms with van der Waals surface area (Å²) >= 11 is 6.64. The average molecular weight is 359 g/mol. The predicted molar refractivity (Wildman–Crippen MR) is 100 cm³/mol. The molecule has 0 spiro atoms. The van der Waals surface area contributed by atoms with Crippen LogP contribution < -0.4 is 5.32 Å². The van der Waals surface area contributed by atoms with Gasteiger partial charge in [0.1, 0.15) is 5.82 Å². The van der Waals surface area contributed by atoms with Gasteiger partial charge in [0.2, 0.25) is 0 Å².